The summed E-state index contributed by atoms with van der Waals surface area (Å²) in [6, 6.07) is 16.6. The molecule has 4 heteroatoms. The highest BCUT2D eigenvalue weighted by Crippen LogP contribution is 2.31. The van der Waals surface area contributed by atoms with Crippen LogP contribution in [0.2, 0.25) is 0 Å². The minimum atomic E-state index is 0.193. The van der Waals surface area contributed by atoms with E-state index in [1.165, 1.54) is 5.56 Å². The number of pyridine rings is 1. The average Bonchev–Trinajstić information content (AvgIpc) is 2.47. The van der Waals surface area contributed by atoms with Crippen LogP contribution in [0.5, 0.6) is 0 Å². The lowest BCUT2D eigenvalue weighted by molar-refractivity contribution is 0.880. The number of nitrogens with one attached hydrogen (secondary N) is 1. The van der Waals surface area contributed by atoms with Crippen LogP contribution in [0.15, 0.2) is 63.7 Å². The van der Waals surface area contributed by atoms with Crippen molar-refractivity contribution in [3.63, 3.8) is 0 Å². The SMILES string of the molecule is CC(Nc1cccc2ncccc12)c1ccc(Br)cc1Br. The smallest absolute Gasteiger partial charge is 0.0722 e. The maximum Gasteiger partial charge on any atom is 0.0722 e. The number of anilines is 1. The minimum Gasteiger partial charge on any atom is -0.378 e. The van der Waals surface area contributed by atoms with E-state index >= 15 is 0 Å². The second kappa shape index (κ2) is 6.16. The van der Waals surface area contributed by atoms with Crippen LogP contribution >= 0.6 is 31.9 Å². The number of fused-ring (bicyclic) bond motifs is 1. The summed E-state index contributed by atoms with van der Waals surface area (Å²) in [4.78, 5) is 4.40. The first-order valence-corrected chi connectivity index (χ1v) is 8.29. The zero-order chi connectivity index (χ0) is 14.8. The van der Waals surface area contributed by atoms with Crippen molar-refractivity contribution in [3.05, 3.63) is 69.2 Å². The Labute approximate surface area is 140 Å². The molecule has 21 heavy (non-hydrogen) atoms. The highest BCUT2D eigenvalue weighted by molar-refractivity contribution is 9.11. The second-order valence-corrected chi connectivity index (χ2v) is 6.68. The molecule has 1 aromatic heterocycles. The number of benzene rings is 2. The van der Waals surface area contributed by atoms with E-state index in [0.717, 1.165) is 25.5 Å². The molecule has 0 aliphatic carbocycles. The summed E-state index contributed by atoms with van der Waals surface area (Å²) in [5.74, 6) is 0. The first-order valence-electron chi connectivity index (χ1n) is 6.70. The molecule has 0 bridgehead atoms. The van der Waals surface area contributed by atoms with E-state index in [2.05, 4.69) is 79.4 Å². The molecule has 0 saturated carbocycles. The van der Waals surface area contributed by atoms with Gasteiger partial charge in [0.05, 0.1) is 5.52 Å². The van der Waals surface area contributed by atoms with E-state index < -0.39 is 0 Å². The van der Waals surface area contributed by atoms with E-state index in [1.807, 2.05) is 24.4 Å². The number of aromatic nitrogens is 1. The maximum atomic E-state index is 4.40. The number of halogens is 2. The van der Waals surface area contributed by atoms with E-state index in [0.29, 0.717) is 0 Å². The van der Waals surface area contributed by atoms with Gasteiger partial charge in [-0.1, -0.05) is 44.0 Å². The molecule has 3 rings (SSSR count). The third-order valence-electron chi connectivity index (χ3n) is 3.45. The normalized spacial score (nSPS) is 12.3. The molecule has 0 aliphatic rings. The van der Waals surface area contributed by atoms with E-state index in [1.54, 1.807) is 0 Å². The summed E-state index contributed by atoms with van der Waals surface area (Å²) in [6.07, 6.45) is 1.82. The van der Waals surface area contributed by atoms with Gasteiger partial charge in [-0.25, -0.2) is 0 Å². The number of hydrogen-bond donors (Lipinski definition) is 1. The molecular weight excluding hydrogens is 392 g/mol. The molecule has 0 fully saturated rings. The lowest BCUT2D eigenvalue weighted by Gasteiger charge is -2.18. The van der Waals surface area contributed by atoms with Gasteiger partial charge in [-0.05, 0) is 48.9 Å². The Bertz CT molecular complexity index is 781. The molecule has 3 aromatic rings. The zero-order valence-electron chi connectivity index (χ0n) is 11.5. The zero-order valence-corrected chi connectivity index (χ0v) is 14.6. The van der Waals surface area contributed by atoms with Gasteiger partial charge >= 0.3 is 0 Å². The molecule has 0 saturated heterocycles. The maximum absolute atomic E-state index is 4.40. The van der Waals surface area contributed by atoms with Crippen LogP contribution in [0, 0.1) is 0 Å². The van der Waals surface area contributed by atoms with Crippen molar-refractivity contribution in [1.29, 1.82) is 0 Å². The predicted molar refractivity (Wildman–Crippen MR) is 95.6 cm³/mol. The average molecular weight is 406 g/mol. The molecule has 1 heterocycles. The molecule has 2 nitrogen and oxygen atoms in total. The molecule has 106 valence electrons. The Morgan fingerprint density at radius 2 is 1.90 bits per heavy atom. The molecule has 0 spiro atoms. The molecule has 2 aromatic carbocycles. The van der Waals surface area contributed by atoms with Crippen molar-refractivity contribution in [3.8, 4) is 0 Å². The van der Waals surface area contributed by atoms with Crippen LogP contribution in [-0.4, -0.2) is 4.98 Å². The van der Waals surface area contributed by atoms with Crippen molar-refractivity contribution in [2.45, 2.75) is 13.0 Å². The van der Waals surface area contributed by atoms with E-state index in [4.69, 9.17) is 0 Å². The number of rotatable bonds is 3. The fourth-order valence-corrected chi connectivity index (χ4v) is 3.78. The minimum absolute atomic E-state index is 0.193. The van der Waals surface area contributed by atoms with Crippen LogP contribution in [0.25, 0.3) is 10.9 Å². The van der Waals surface area contributed by atoms with Gasteiger partial charge in [0.15, 0.2) is 0 Å². The summed E-state index contributed by atoms with van der Waals surface area (Å²) in [5, 5.41) is 4.72. The molecular formula is C17H14Br2N2. The highest BCUT2D eigenvalue weighted by atomic mass is 79.9. The van der Waals surface area contributed by atoms with Crippen LogP contribution in [-0.2, 0) is 0 Å². The van der Waals surface area contributed by atoms with Gasteiger partial charge in [-0.15, -0.1) is 0 Å². The third kappa shape index (κ3) is 3.11. The molecule has 0 aliphatic heterocycles. The molecule has 1 N–H and O–H groups in total. The van der Waals surface area contributed by atoms with Gasteiger partial charge < -0.3 is 5.32 Å². The van der Waals surface area contributed by atoms with Crippen LogP contribution in [0.4, 0.5) is 5.69 Å². The Hall–Kier alpha value is -1.39. The Kier molecular flexibility index (Phi) is 4.27. The number of nitrogens with zero attached hydrogens (tertiary/aromatic N) is 1. The predicted octanol–water partition coefficient (Wildman–Crippen LogP) is 5.93. The fraction of sp³-hybridized carbons (Fsp3) is 0.118. The first kappa shape index (κ1) is 14.5. The topological polar surface area (TPSA) is 24.9 Å². The lowest BCUT2D eigenvalue weighted by Crippen LogP contribution is -2.07. The Morgan fingerprint density at radius 3 is 2.71 bits per heavy atom. The molecule has 0 radical (unpaired) electrons. The summed E-state index contributed by atoms with van der Waals surface area (Å²) in [5.41, 5.74) is 3.33. The van der Waals surface area contributed by atoms with Crippen molar-refractivity contribution in [2.75, 3.05) is 5.32 Å². The summed E-state index contributed by atoms with van der Waals surface area (Å²) >= 11 is 7.11. The molecule has 0 amide bonds. The van der Waals surface area contributed by atoms with Crippen molar-refractivity contribution < 1.29 is 0 Å². The molecule has 1 atom stereocenters. The van der Waals surface area contributed by atoms with Gasteiger partial charge in [0.2, 0.25) is 0 Å². The molecule has 1 unspecified atom stereocenters. The van der Waals surface area contributed by atoms with Crippen LogP contribution in [0.3, 0.4) is 0 Å². The van der Waals surface area contributed by atoms with Crippen LogP contribution < -0.4 is 5.32 Å². The fourth-order valence-electron chi connectivity index (χ4n) is 2.39. The van der Waals surface area contributed by atoms with E-state index in [-0.39, 0.29) is 6.04 Å². The Morgan fingerprint density at radius 1 is 1.05 bits per heavy atom. The van der Waals surface area contributed by atoms with Gasteiger partial charge in [-0.2, -0.15) is 0 Å². The van der Waals surface area contributed by atoms with Gasteiger partial charge in [0.1, 0.15) is 0 Å². The Balaban J connectivity index is 1.94. The third-order valence-corrected chi connectivity index (χ3v) is 4.63. The summed E-state index contributed by atoms with van der Waals surface area (Å²) in [6.45, 7) is 2.16. The first-order chi connectivity index (χ1) is 10.1. The van der Waals surface area contributed by atoms with Crippen molar-refractivity contribution in [1.82, 2.24) is 4.98 Å². The standard InChI is InChI=1S/C17H14Br2N2/c1-11(13-8-7-12(18)10-15(13)19)21-17-6-2-5-16-14(17)4-3-9-20-16/h2-11,21H,1H3. The van der Waals surface area contributed by atoms with Gasteiger partial charge in [0.25, 0.3) is 0 Å². The largest absolute Gasteiger partial charge is 0.378 e. The quantitative estimate of drug-likeness (QED) is 0.583. The summed E-state index contributed by atoms with van der Waals surface area (Å²) < 4.78 is 2.16. The van der Waals surface area contributed by atoms with E-state index in [9.17, 15) is 0 Å². The highest BCUT2D eigenvalue weighted by Gasteiger charge is 2.11. The number of hydrogen-bond acceptors (Lipinski definition) is 2. The summed E-state index contributed by atoms with van der Waals surface area (Å²) in [7, 11) is 0. The van der Waals surface area contributed by atoms with Crippen molar-refractivity contribution in [2.24, 2.45) is 0 Å². The monoisotopic (exact) mass is 404 g/mol. The lowest BCUT2D eigenvalue weighted by atomic mass is 10.1. The van der Waals surface area contributed by atoms with Crippen LogP contribution in [0.1, 0.15) is 18.5 Å². The van der Waals surface area contributed by atoms with Gasteiger partial charge in [0, 0.05) is 32.3 Å². The second-order valence-electron chi connectivity index (χ2n) is 4.91. The van der Waals surface area contributed by atoms with Crippen molar-refractivity contribution >= 4 is 48.5 Å². The van der Waals surface area contributed by atoms with Gasteiger partial charge in [-0.3, -0.25) is 4.98 Å².